The third-order valence-electron chi connectivity index (χ3n) is 0.272. The summed E-state index contributed by atoms with van der Waals surface area (Å²) >= 11 is 0. The van der Waals surface area contributed by atoms with Gasteiger partial charge < -0.3 is 39.6 Å². The number of hydrogen-bond donors (Lipinski definition) is 0. The number of carbonyl (C=O) groups excluding carboxylic acids is 4. The van der Waals surface area contributed by atoms with Crippen molar-refractivity contribution in [1.82, 2.24) is 0 Å². The maximum atomic E-state index is 8.93. The Morgan fingerprint density at radius 3 is 0.588 bits per heavy atom. The summed E-state index contributed by atoms with van der Waals surface area (Å²) in [7, 11) is 0. The molecule has 0 unspecified atom stereocenters. The molecule has 0 radical (unpaired) electrons. The van der Waals surface area contributed by atoms with Crippen molar-refractivity contribution in [2.75, 3.05) is 26.4 Å². The Kier molecular flexibility index (Phi) is 104. The fourth-order valence-electron chi connectivity index (χ4n) is 0. The SMILES string of the molecule is O=CC[O-].O=CC[O-].O=CC[O-].O=CC[O-].[Ti+4]. The molecule has 9 heteroatoms. The molecule has 0 saturated carbocycles. The number of carbonyl (C=O) groups is 4. The minimum atomic E-state index is -0.611. The number of rotatable bonds is 4. The molecule has 96 valence electrons. The van der Waals surface area contributed by atoms with Crippen molar-refractivity contribution >= 4 is 25.1 Å². The van der Waals surface area contributed by atoms with Crippen molar-refractivity contribution in [3.8, 4) is 0 Å². The Morgan fingerprint density at radius 1 is 0.529 bits per heavy atom. The van der Waals surface area contributed by atoms with E-state index in [4.69, 9.17) is 39.6 Å². The van der Waals surface area contributed by atoms with Crippen LogP contribution in [0.25, 0.3) is 0 Å². The van der Waals surface area contributed by atoms with Crippen LogP contribution < -0.4 is 20.4 Å². The maximum Gasteiger partial charge on any atom is 4.00 e. The van der Waals surface area contributed by atoms with E-state index in [2.05, 4.69) is 0 Å². The van der Waals surface area contributed by atoms with Crippen molar-refractivity contribution in [2.24, 2.45) is 0 Å². The normalized spacial score (nSPS) is 5.88. The van der Waals surface area contributed by atoms with Gasteiger partial charge in [-0.15, -0.1) is 0 Å². The molecule has 0 saturated heterocycles. The average molecular weight is 284 g/mol. The van der Waals surface area contributed by atoms with E-state index in [9.17, 15) is 0 Å². The van der Waals surface area contributed by atoms with Crippen LogP contribution in [0.1, 0.15) is 0 Å². The van der Waals surface area contributed by atoms with Gasteiger partial charge in [-0.1, -0.05) is 26.4 Å². The second kappa shape index (κ2) is 59.0. The van der Waals surface area contributed by atoms with Gasteiger partial charge in [0.1, 0.15) is 25.1 Å². The molecule has 0 aliphatic heterocycles. The standard InChI is InChI=1S/4C2H3O2.Ti/c4*3-1-2-4;/h4*1H,2H2;/q4*-1;+4. The summed E-state index contributed by atoms with van der Waals surface area (Å²) in [5.74, 6) is 0. The summed E-state index contributed by atoms with van der Waals surface area (Å²) in [5.41, 5.74) is 0. The third kappa shape index (κ3) is 255. The first-order chi connectivity index (χ1) is 7.66. The Balaban J connectivity index is -0.0000000369. The van der Waals surface area contributed by atoms with Crippen molar-refractivity contribution in [3.05, 3.63) is 0 Å². The van der Waals surface area contributed by atoms with Gasteiger partial charge in [-0.25, -0.2) is 0 Å². The molecule has 0 bridgehead atoms. The van der Waals surface area contributed by atoms with Crippen LogP contribution in [0.4, 0.5) is 0 Å². The summed E-state index contributed by atoms with van der Waals surface area (Å²) in [5, 5.41) is 35.7. The fraction of sp³-hybridized carbons (Fsp3) is 0.500. The Morgan fingerprint density at radius 2 is 0.588 bits per heavy atom. The van der Waals surface area contributed by atoms with Gasteiger partial charge in [-0.3, -0.25) is 0 Å². The zero-order chi connectivity index (χ0) is 13.7. The molecule has 0 fully saturated rings. The Hall–Kier alpha value is -0.766. The first-order valence-electron chi connectivity index (χ1n) is 3.73. The van der Waals surface area contributed by atoms with Gasteiger partial charge in [0.2, 0.25) is 0 Å². The predicted octanol–water partition coefficient (Wildman–Crippen LogP) is -5.82. The van der Waals surface area contributed by atoms with E-state index in [1.165, 1.54) is 0 Å². The quantitative estimate of drug-likeness (QED) is 0.364. The molecule has 0 atom stereocenters. The van der Waals surface area contributed by atoms with Crippen molar-refractivity contribution in [1.29, 1.82) is 0 Å². The van der Waals surface area contributed by atoms with E-state index in [1.54, 1.807) is 0 Å². The molecule has 0 aliphatic rings. The zero-order valence-electron chi connectivity index (χ0n) is 8.90. The third-order valence-corrected chi connectivity index (χ3v) is 0.272. The van der Waals surface area contributed by atoms with Crippen LogP contribution >= 0.6 is 0 Å². The van der Waals surface area contributed by atoms with Gasteiger partial charge in [0.25, 0.3) is 0 Å². The van der Waals surface area contributed by atoms with Crippen molar-refractivity contribution in [2.45, 2.75) is 0 Å². The fourth-order valence-corrected chi connectivity index (χ4v) is 0. The molecular weight excluding hydrogens is 272 g/mol. The van der Waals surface area contributed by atoms with Gasteiger partial charge >= 0.3 is 21.7 Å². The van der Waals surface area contributed by atoms with Gasteiger partial charge in [-0.05, 0) is 0 Å². The monoisotopic (exact) mass is 284 g/mol. The van der Waals surface area contributed by atoms with Crippen molar-refractivity contribution in [3.63, 3.8) is 0 Å². The molecular formula is C8H12O8Ti. The molecule has 0 aromatic carbocycles. The summed E-state index contributed by atoms with van der Waals surface area (Å²) in [6.45, 7) is -2.44. The van der Waals surface area contributed by atoms with E-state index >= 15 is 0 Å². The minimum Gasteiger partial charge on any atom is -0.849 e. The van der Waals surface area contributed by atoms with Crippen LogP contribution in [0.3, 0.4) is 0 Å². The zero-order valence-corrected chi connectivity index (χ0v) is 10.5. The van der Waals surface area contributed by atoms with E-state index in [0.717, 1.165) is 0 Å². The second-order valence-corrected chi connectivity index (χ2v) is 1.33. The van der Waals surface area contributed by atoms with Crippen LogP contribution in [-0.2, 0) is 40.9 Å². The molecule has 17 heavy (non-hydrogen) atoms. The summed E-state index contributed by atoms with van der Waals surface area (Å²) < 4.78 is 0. The summed E-state index contributed by atoms with van der Waals surface area (Å²) in [6, 6.07) is 0. The summed E-state index contributed by atoms with van der Waals surface area (Å²) in [4.78, 5) is 35.4. The van der Waals surface area contributed by atoms with Gasteiger partial charge in [-0.2, -0.15) is 0 Å². The van der Waals surface area contributed by atoms with Gasteiger partial charge in [0.15, 0.2) is 0 Å². The molecule has 0 N–H and O–H groups in total. The van der Waals surface area contributed by atoms with E-state index in [-0.39, 0.29) is 21.7 Å². The molecule has 0 amide bonds. The first kappa shape index (κ1) is 29.9. The van der Waals surface area contributed by atoms with E-state index in [1.807, 2.05) is 0 Å². The Labute approximate surface area is 113 Å². The van der Waals surface area contributed by atoms with Crippen LogP contribution in [0.5, 0.6) is 0 Å². The van der Waals surface area contributed by atoms with Crippen LogP contribution in [-0.4, -0.2) is 51.6 Å². The smallest absolute Gasteiger partial charge is 0.849 e. The second-order valence-electron chi connectivity index (χ2n) is 1.33. The molecule has 8 nitrogen and oxygen atoms in total. The number of hydrogen-bond acceptors (Lipinski definition) is 8. The minimum absolute atomic E-state index is 0. The predicted molar refractivity (Wildman–Crippen MR) is 43.7 cm³/mol. The largest absolute Gasteiger partial charge is 4.00 e. The van der Waals surface area contributed by atoms with Gasteiger partial charge in [0, 0.05) is 0 Å². The molecule has 0 rings (SSSR count). The molecule has 0 aromatic heterocycles. The molecule has 0 aromatic rings. The van der Waals surface area contributed by atoms with E-state index in [0.29, 0.717) is 25.1 Å². The van der Waals surface area contributed by atoms with Crippen LogP contribution in [0.15, 0.2) is 0 Å². The molecule has 0 aliphatic carbocycles. The number of aldehydes is 4. The van der Waals surface area contributed by atoms with E-state index < -0.39 is 26.4 Å². The molecule has 0 spiro atoms. The van der Waals surface area contributed by atoms with Crippen LogP contribution in [0.2, 0.25) is 0 Å². The first-order valence-corrected chi connectivity index (χ1v) is 3.73. The van der Waals surface area contributed by atoms with Gasteiger partial charge in [0.05, 0.1) is 0 Å². The van der Waals surface area contributed by atoms with Crippen LogP contribution in [0, 0.1) is 0 Å². The average Bonchev–Trinajstić information content (AvgIpc) is 2.39. The van der Waals surface area contributed by atoms with Crippen molar-refractivity contribution < 1.29 is 61.3 Å². The maximum absolute atomic E-state index is 8.93. The molecule has 0 heterocycles. The Bertz CT molecular complexity index is 109. The summed E-state index contributed by atoms with van der Waals surface area (Å²) in [6.07, 6.45) is 1.28. The topological polar surface area (TPSA) is 161 Å².